The molecule has 0 unspecified atom stereocenters. The van der Waals surface area contributed by atoms with E-state index >= 15 is 0 Å². The molecule has 7 heteroatoms. The largest absolute Gasteiger partial charge is 0.390 e. The van der Waals surface area contributed by atoms with Crippen LogP contribution >= 0.6 is 0 Å². The Morgan fingerprint density at radius 2 is 2.14 bits per heavy atom. The number of nitrogens with one attached hydrogen (secondary N) is 2. The average Bonchev–Trinajstić information content (AvgIpc) is 3.26. The lowest BCUT2D eigenvalue weighted by Crippen LogP contribution is -2.45. The van der Waals surface area contributed by atoms with Crippen LogP contribution in [0, 0.1) is 5.92 Å². The Bertz CT molecular complexity index is 500. The first-order chi connectivity index (χ1) is 10.8. The van der Waals surface area contributed by atoms with Gasteiger partial charge >= 0.3 is 0 Å². The zero-order valence-corrected chi connectivity index (χ0v) is 12.9. The zero-order chi connectivity index (χ0) is 15.4. The molecule has 3 N–H and O–H groups in total. The van der Waals surface area contributed by atoms with Crippen LogP contribution in [-0.4, -0.2) is 45.1 Å². The van der Waals surface area contributed by atoms with Crippen molar-refractivity contribution in [2.24, 2.45) is 5.92 Å². The Morgan fingerprint density at radius 1 is 1.32 bits per heavy atom. The van der Waals surface area contributed by atoms with Crippen LogP contribution in [0.2, 0.25) is 0 Å². The van der Waals surface area contributed by atoms with Gasteiger partial charge in [0, 0.05) is 12.6 Å². The summed E-state index contributed by atoms with van der Waals surface area (Å²) in [5.41, 5.74) is 0.589. The number of aromatic nitrogens is 3. The van der Waals surface area contributed by atoms with Crippen LogP contribution in [0.3, 0.4) is 0 Å². The second-order valence-corrected chi connectivity index (χ2v) is 6.43. The van der Waals surface area contributed by atoms with Crippen molar-refractivity contribution in [2.45, 2.75) is 57.2 Å². The van der Waals surface area contributed by atoms with E-state index in [2.05, 4.69) is 20.9 Å². The van der Waals surface area contributed by atoms with E-state index in [1.54, 1.807) is 6.20 Å². The summed E-state index contributed by atoms with van der Waals surface area (Å²) in [5.74, 6) is 0.782. The van der Waals surface area contributed by atoms with Gasteiger partial charge in [0.2, 0.25) is 5.91 Å². The second-order valence-electron chi connectivity index (χ2n) is 6.43. The predicted molar refractivity (Wildman–Crippen MR) is 81.0 cm³/mol. The summed E-state index contributed by atoms with van der Waals surface area (Å²) in [6.07, 6.45) is 8.68. The monoisotopic (exact) mass is 307 g/mol. The maximum absolute atomic E-state index is 11.9. The molecule has 0 spiro atoms. The van der Waals surface area contributed by atoms with Gasteiger partial charge < -0.3 is 15.7 Å². The number of hydrogen-bond donors (Lipinski definition) is 3. The van der Waals surface area contributed by atoms with E-state index in [0.717, 1.165) is 25.8 Å². The molecule has 0 saturated heterocycles. The van der Waals surface area contributed by atoms with Gasteiger partial charge in [-0.2, -0.15) is 0 Å². The third kappa shape index (κ3) is 4.04. The van der Waals surface area contributed by atoms with E-state index < -0.39 is 0 Å². The Balaban J connectivity index is 1.51. The zero-order valence-electron chi connectivity index (χ0n) is 12.9. The smallest absolute Gasteiger partial charge is 0.233 e. The number of hydrogen-bond acceptors (Lipinski definition) is 5. The quantitative estimate of drug-likeness (QED) is 0.677. The molecule has 2 aliphatic carbocycles. The van der Waals surface area contributed by atoms with E-state index in [4.69, 9.17) is 5.11 Å². The molecule has 0 bridgehead atoms. The van der Waals surface area contributed by atoms with E-state index in [9.17, 15) is 4.79 Å². The van der Waals surface area contributed by atoms with Crippen LogP contribution in [-0.2, 0) is 11.4 Å². The minimum absolute atomic E-state index is 0.0749. The number of carbonyl (C=O) groups is 1. The molecule has 1 aromatic rings. The first-order valence-electron chi connectivity index (χ1n) is 8.28. The van der Waals surface area contributed by atoms with Gasteiger partial charge in [-0.05, 0) is 31.6 Å². The minimum Gasteiger partial charge on any atom is -0.390 e. The van der Waals surface area contributed by atoms with Crippen molar-refractivity contribution in [1.82, 2.24) is 25.6 Å². The van der Waals surface area contributed by atoms with Crippen molar-refractivity contribution in [1.29, 1.82) is 0 Å². The summed E-state index contributed by atoms with van der Waals surface area (Å²) in [6, 6.07) is 0.437. The van der Waals surface area contributed by atoms with Gasteiger partial charge in [-0.25, -0.2) is 4.68 Å². The Kier molecular flexibility index (Phi) is 5.04. The van der Waals surface area contributed by atoms with Crippen LogP contribution in [0.1, 0.15) is 50.3 Å². The fourth-order valence-electron chi connectivity index (χ4n) is 3.08. The maximum Gasteiger partial charge on any atom is 0.233 e. The van der Waals surface area contributed by atoms with Crippen LogP contribution in [0.15, 0.2) is 6.20 Å². The van der Waals surface area contributed by atoms with E-state index in [1.165, 1.54) is 19.3 Å². The van der Waals surface area contributed by atoms with Gasteiger partial charge in [0.15, 0.2) is 0 Å². The summed E-state index contributed by atoms with van der Waals surface area (Å²) >= 11 is 0. The van der Waals surface area contributed by atoms with Crippen LogP contribution in [0.25, 0.3) is 0 Å². The first kappa shape index (κ1) is 15.4. The van der Waals surface area contributed by atoms with Crippen molar-refractivity contribution in [3.05, 3.63) is 11.9 Å². The standard InChI is InChI=1S/C15H25N5O2/c21-10-12-9-20(19-18-12)14-4-2-1-3-13(14)16-8-15(22)17-7-11-5-6-11/h9,11,13-14,16,21H,1-8,10H2,(H,17,22)/t13-,14+/m0/s1. The lowest BCUT2D eigenvalue weighted by Gasteiger charge is -2.32. The highest BCUT2D eigenvalue weighted by atomic mass is 16.3. The first-order valence-corrected chi connectivity index (χ1v) is 8.28. The molecule has 1 aromatic heterocycles. The van der Waals surface area contributed by atoms with E-state index in [1.807, 2.05) is 4.68 Å². The highest BCUT2D eigenvalue weighted by Crippen LogP contribution is 2.28. The Morgan fingerprint density at radius 3 is 2.86 bits per heavy atom. The van der Waals surface area contributed by atoms with Crippen LogP contribution in [0.4, 0.5) is 0 Å². The third-order valence-electron chi connectivity index (χ3n) is 4.60. The van der Waals surface area contributed by atoms with Crippen LogP contribution < -0.4 is 10.6 Å². The molecular weight excluding hydrogens is 282 g/mol. The molecule has 2 aliphatic rings. The van der Waals surface area contributed by atoms with Crippen molar-refractivity contribution >= 4 is 5.91 Å². The topological polar surface area (TPSA) is 92.1 Å². The van der Waals surface area contributed by atoms with Gasteiger partial charge in [0.25, 0.3) is 0 Å². The lowest BCUT2D eigenvalue weighted by molar-refractivity contribution is -0.120. The van der Waals surface area contributed by atoms with E-state index in [-0.39, 0.29) is 24.6 Å². The summed E-state index contributed by atoms with van der Waals surface area (Å²) < 4.78 is 1.84. The highest BCUT2D eigenvalue weighted by Gasteiger charge is 2.28. The van der Waals surface area contributed by atoms with Crippen molar-refractivity contribution < 1.29 is 9.90 Å². The molecule has 1 amide bonds. The molecule has 22 heavy (non-hydrogen) atoms. The molecular formula is C15H25N5O2. The van der Waals surface area contributed by atoms with Gasteiger partial charge in [-0.3, -0.25) is 4.79 Å². The molecule has 2 atom stereocenters. The lowest BCUT2D eigenvalue weighted by atomic mass is 9.90. The number of nitrogens with zero attached hydrogens (tertiary/aromatic N) is 3. The molecule has 122 valence electrons. The minimum atomic E-state index is -0.0889. The van der Waals surface area contributed by atoms with E-state index in [0.29, 0.717) is 18.2 Å². The van der Waals surface area contributed by atoms with Gasteiger partial charge in [-0.15, -0.1) is 5.10 Å². The third-order valence-corrected chi connectivity index (χ3v) is 4.60. The molecule has 1 heterocycles. The molecule has 0 aliphatic heterocycles. The SMILES string of the molecule is O=C(CN[C@H]1CCCC[C@H]1n1cc(CO)nn1)NCC1CC1. The predicted octanol–water partition coefficient (Wildman–Crippen LogP) is 0.370. The van der Waals surface area contributed by atoms with Gasteiger partial charge in [-0.1, -0.05) is 18.1 Å². The van der Waals surface area contributed by atoms with Gasteiger partial charge in [0.05, 0.1) is 25.4 Å². The summed E-state index contributed by atoms with van der Waals surface area (Å²) in [7, 11) is 0. The number of aliphatic hydroxyl groups is 1. The molecule has 7 nitrogen and oxygen atoms in total. The average molecular weight is 307 g/mol. The normalized spacial score (nSPS) is 25.1. The highest BCUT2D eigenvalue weighted by molar-refractivity contribution is 5.78. The Labute approximate surface area is 130 Å². The summed E-state index contributed by atoms with van der Waals surface area (Å²) in [5, 5.41) is 23.6. The molecule has 2 saturated carbocycles. The number of rotatable bonds is 7. The number of carbonyl (C=O) groups excluding carboxylic acids is 1. The summed E-state index contributed by atoms with van der Waals surface area (Å²) in [4.78, 5) is 11.9. The molecule has 3 rings (SSSR count). The van der Waals surface area contributed by atoms with Gasteiger partial charge in [0.1, 0.15) is 5.69 Å². The Hall–Kier alpha value is -1.47. The molecule has 2 fully saturated rings. The second kappa shape index (κ2) is 7.19. The summed E-state index contributed by atoms with van der Waals surface area (Å²) in [6.45, 7) is 1.08. The maximum atomic E-state index is 11.9. The van der Waals surface area contributed by atoms with Crippen molar-refractivity contribution in [2.75, 3.05) is 13.1 Å². The molecule has 0 aromatic carbocycles. The number of amides is 1. The van der Waals surface area contributed by atoms with Crippen molar-refractivity contribution in [3.8, 4) is 0 Å². The van der Waals surface area contributed by atoms with Crippen molar-refractivity contribution in [3.63, 3.8) is 0 Å². The number of aliphatic hydroxyl groups excluding tert-OH is 1. The molecule has 0 radical (unpaired) electrons. The van der Waals surface area contributed by atoms with Crippen LogP contribution in [0.5, 0.6) is 0 Å². The fourth-order valence-corrected chi connectivity index (χ4v) is 3.08. The fraction of sp³-hybridized carbons (Fsp3) is 0.800.